The standard InChI is InChI=1S/C40H71O9P/c1-3-5-7-9-11-13-15-17-19-21-23-25-27-29-33-39(42)47-35-38(36-48-50(44,45)46)49-40(43)34-30-32-37(41)31-28-26-24-22-20-18-16-14-12-10-8-6-4-2/h12,14,18,20,24,26,28,31,37-38,41H,3-11,13,15-17,19,21-23,25,27,29-30,32-36H2,1-2H3,(H2,44,45,46)/b14-12-,20-18-,26-24-,31-28+/t37-,38+/m0/s1. The molecule has 0 aromatic rings. The van der Waals surface area contributed by atoms with Gasteiger partial charge >= 0.3 is 19.8 Å². The smallest absolute Gasteiger partial charge is 0.462 e. The van der Waals surface area contributed by atoms with Crippen LogP contribution in [0.4, 0.5) is 0 Å². The largest absolute Gasteiger partial charge is 0.469 e. The Kier molecular flexibility index (Phi) is 33.9. The highest BCUT2D eigenvalue weighted by molar-refractivity contribution is 7.46. The molecule has 50 heavy (non-hydrogen) atoms. The van der Waals surface area contributed by atoms with Crippen molar-refractivity contribution in [2.45, 2.75) is 180 Å². The van der Waals surface area contributed by atoms with Gasteiger partial charge in [0.25, 0.3) is 0 Å². The predicted molar refractivity (Wildman–Crippen MR) is 204 cm³/mol. The lowest BCUT2D eigenvalue weighted by molar-refractivity contribution is -0.161. The molecule has 290 valence electrons. The van der Waals surface area contributed by atoms with Crippen LogP contribution in [-0.4, -0.2) is 52.3 Å². The average molecular weight is 727 g/mol. The molecule has 0 amide bonds. The number of phosphoric ester groups is 1. The second kappa shape index (κ2) is 35.4. The van der Waals surface area contributed by atoms with Gasteiger partial charge in [0, 0.05) is 12.8 Å². The second-order valence-electron chi connectivity index (χ2n) is 13.1. The molecule has 0 rings (SSSR count). The summed E-state index contributed by atoms with van der Waals surface area (Å²) in [6.07, 6.45) is 38.6. The van der Waals surface area contributed by atoms with Gasteiger partial charge in [0.15, 0.2) is 6.10 Å². The third-order valence-electron chi connectivity index (χ3n) is 8.20. The highest BCUT2D eigenvalue weighted by Crippen LogP contribution is 2.36. The van der Waals surface area contributed by atoms with E-state index in [0.717, 1.165) is 38.5 Å². The van der Waals surface area contributed by atoms with Crippen molar-refractivity contribution < 1.29 is 43.0 Å². The van der Waals surface area contributed by atoms with E-state index in [4.69, 9.17) is 19.3 Å². The number of unbranched alkanes of at least 4 members (excludes halogenated alkanes) is 16. The van der Waals surface area contributed by atoms with Crippen molar-refractivity contribution in [3.63, 3.8) is 0 Å². The third kappa shape index (κ3) is 37.2. The topological polar surface area (TPSA) is 140 Å². The van der Waals surface area contributed by atoms with Crippen LogP contribution in [0.15, 0.2) is 48.6 Å². The number of esters is 2. The first-order valence-electron chi connectivity index (χ1n) is 19.5. The summed E-state index contributed by atoms with van der Waals surface area (Å²) in [6.45, 7) is 3.48. The van der Waals surface area contributed by atoms with Gasteiger partial charge in [0.2, 0.25) is 0 Å². The van der Waals surface area contributed by atoms with Gasteiger partial charge in [-0.2, -0.15) is 0 Å². The fourth-order valence-electron chi connectivity index (χ4n) is 5.24. The zero-order chi connectivity index (χ0) is 37.0. The van der Waals surface area contributed by atoms with Crippen molar-refractivity contribution in [1.29, 1.82) is 0 Å². The SMILES string of the molecule is CCCCC/C=C\C/C=C\C/C=C\C=C\[C@H](O)CCCC(=O)O[C@H](COC(=O)CCCCCCCCCCCCCCCC)COP(=O)(O)O. The molecule has 3 N–H and O–H groups in total. The third-order valence-corrected chi connectivity index (χ3v) is 8.69. The van der Waals surface area contributed by atoms with Crippen LogP contribution in [0.2, 0.25) is 0 Å². The molecule has 0 aliphatic carbocycles. The van der Waals surface area contributed by atoms with Crippen LogP contribution in [-0.2, 0) is 28.2 Å². The molecule has 0 radical (unpaired) electrons. The number of ether oxygens (including phenoxy) is 2. The van der Waals surface area contributed by atoms with Crippen LogP contribution in [0.5, 0.6) is 0 Å². The van der Waals surface area contributed by atoms with Gasteiger partial charge in [0.05, 0.1) is 12.7 Å². The fourth-order valence-corrected chi connectivity index (χ4v) is 5.60. The van der Waals surface area contributed by atoms with Crippen LogP contribution in [0.1, 0.15) is 168 Å². The van der Waals surface area contributed by atoms with Crippen molar-refractivity contribution in [3.05, 3.63) is 48.6 Å². The number of rotatable bonds is 35. The molecule has 0 bridgehead atoms. The first kappa shape index (κ1) is 48.0. The van der Waals surface area contributed by atoms with E-state index >= 15 is 0 Å². The van der Waals surface area contributed by atoms with Gasteiger partial charge in [-0.05, 0) is 44.9 Å². The van der Waals surface area contributed by atoms with Crippen LogP contribution < -0.4 is 0 Å². The number of hydrogen-bond donors (Lipinski definition) is 3. The molecule has 2 atom stereocenters. The maximum atomic E-state index is 12.4. The summed E-state index contributed by atoms with van der Waals surface area (Å²) in [5.74, 6) is -1.09. The van der Waals surface area contributed by atoms with Crippen molar-refractivity contribution in [3.8, 4) is 0 Å². The Hall–Kier alpha value is -2.03. The number of carbonyl (C=O) groups excluding carboxylic acids is 2. The van der Waals surface area contributed by atoms with Gasteiger partial charge in [-0.3, -0.25) is 14.1 Å². The summed E-state index contributed by atoms with van der Waals surface area (Å²) in [6, 6.07) is 0. The summed E-state index contributed by atoms with van der Waals surface area (Å²) in [5, 5.41) is 10.2. The van der Waals surface area contributed by atoms with Crippen molar-refractivity contribution in [1.82, 2.24) is 0 Å². The molecule has 0 heterocycles. The van der Waals surface area contributed by atoms with E-state index < -0.39 is 38.6 Å². The highest BCUT2D eigenvalue weighted by atomic mass is 31.2. The average Bonchev–Trinajstić information content (AvgIpc) is 3.07. The molecule has 0 aromatic heterocycles. The molecule has 0 spiro atoms. The van der Waals surface area contributed by atoms with Crippen molar-refractivity contribution in [2.75, 3.05) is 13.2 Å². The first-order chi connectivity index (χ1) is 24.2. The molecule has 0 unspecified atom stereocenters. The molecular weight excluding hydrogens is 655 g/mol. The molecule has 9 nitrogen and oxygen atoms in total. The highest BCUT2D eigenvalue weighted by Gasteiger charge is 2.23. The maximum absolute atomic E-state index is 12.4. The number of aliphatic hydroxyl groups excluding tert-OH is 1. The normalized spacial score (nSPS) is 13.6. The molecule has 0 aliphatic rings. The van der Waals surface area contributed by atoms with Crippen molar-refractivity contribution in [2.24, 2.45) is 0 Å². The monoisotopic (exact) mass is 726 g/mol. The summed E-state index contributed by atoms with van der Waals surface area (Å²) in [4.78, 5) is 42.7. The Bertz CT molecular complexity index is 970. The van der Waals surface area contributed by atoms with Crippen molar-refractivity contribution >= 4 is 19.8 Å². The maximum Gasteiger partial charge on any atom is 0.469 e. The Balaban J connectivity index is 4.17. The van der Waals surface area contributed by atoms with Crippen LogP contribution in [0, 0.1) is 0 Å². The summed E-state index contributed by atoms with van der Waals surface area (Å²) >= 11 is 0. The van der Waals surface area contributed by atoms with E-state index in [2.05, 4.69) is 42.7 Å². The number of carbonyl (C=O) groups is 2. The van der Waals surface area contributed by atoms with E-state index in [0.29, 0.717) is 19.3 Å². The number of aliphatic hydroxyl groups is 1. The van der Waals surface area contributed by atoms with Crippen LogP contribution in [0.25, 0.3) is 0 Å². The molecule has 0 fully saturated rings. The minimum Gasteiger partial charge on any atom is -0.462 e. The predicted octanol–water partition coefficient (Wildman–Crippen LogP) is 10.5. The molecule has 10 heteroatoms. The zero-order valence-electron chi connectivity index (χ0n) is 31.4. The van der Waals surface area contributed by atoms with Crippen LogP contribution in [0.3, 0.4) is 0 Å². The lowest BCUT2D eigenvalue weighted by atomic mass is 10.0. The minimum absolute atomic E-state index is 0.0159. The number of phosphoric acid groups is 1. The summed E-state index contributed by atoms with van der Waals surface area (Å²) < 4.78 is 26.2. The molecule has 0 aliphatic heterocycles. The number of hydrogen-bond acceptors (Lipinski definition) is 7. The summed E-state index contributed by atoms with van der Waals surface area (Å²) in [5.41, 5.74) is 0. The zero-order valence-corrected chi connectivity index (χ0v) is 32.3. The van der Waals surface area contributed by atoms with E-state index in [-0.39, 0.29) is 19.4 Å². The van der Waals surface area contributed by atoms with Gasteiger partial charge in [-0.15, -0.1) is 0 Å². The lowest BCUT2D eigenvalue weighted by Crippen LogP contribution is -2.29. The minimum atomic E-state index is -4.80. The van der Waals surface area contributed by atoms with E-state index in [1.807, 2.05) is 12.2 Å². The quantitative estimate of drug-likeness (QED) is 0.0191. The van der Waals surface area contributed by atoms with Crippen LogP contribution >= 0.6 is 7.82 Å². The van der Waals surface area contributed by atoms with Gasteiger partial charge in [-0.1, -0.05) is 159 Å². The number of allylic oxidation sites excluding steroid dienone is 7. The molecular formula is C40H71O9P. The fraction of sp³-hybridized carbons (Fsp3) is 0.750. The van der Waals surface area contributed by atoms with Gasteiger partial charge in [0.1, 0.15) is 6.61 Å². The van der Waals surface area contributed by atoms with E-state index in [1.165, 1.54) is 83.5 Å². The van der Waals surface area contributed by atoms with E-state index in [9.17, 15) is 19.3 Å². The van der Waals surface area contributed by atoms with Gasteiger partial charge in [-0.25, -0.2) is 4.57 Å². The second-order valence-corrected chi connectivity index (χ2v) is 14.3. The Morgan fingerprint density at radius 3 is 1.74 bits per heavy atom. The molecule has 0 saturated heterocycles. The van der Waals surface area contributed by atoms with E-state index in [1.54, 1.807) is 12.2 Å². The molecule has 0 saturated carbocycles. The summed E-state index contributed by atoms with van der Waals surface area (Å²) in [7, 11) is -4.80. The Morgan fingerprint density at radius 1 is 0.620 bits per heavy atom. The Morgan fingerprint density at radius 2 is 1.14 bits per heavy atom. The first-order valence-corrected chi connectivity index (χ1v) is 21.1. The molecule has 0 aromatic carbocycles. The Labute approximate surface area is 304 Å². The van der Waals surface area contributed by atoms with Gasteiger partial charge < -0.3 is 24.4 Å². The lowest BCUT2D eigenvalue weighted by Gasteiger charge is -2.18.